The fourth-order valence-electron chi connectivity index (χ4n) is 2.58. The van der Waals surface area contributed by atoms with Gasteiger partial charge in [0.1, 0.15) is 0 Å². The van der Waals surface area contributed by atoms with Gasteiger partial charge in [-0.15, -0.1) is 11.3 Å². The zero-order valence-electron chi connectivity index (χ0n) is 11.5. The number of rotatable bonds is 4. The molecule has 0 saturated carbocycles. The van der Waals surface area contributed by atoms with Crippen molar-refractivity contribution in [3.63, 3.8) is 0 Å². The van der Waals surface area contributed by atoms with Crippen molar-refractivity contribution in [1.29, 1.82) is 0 Å². The van der Waals surface area contributed by atoms with E-state index in [9.17, 15) is 0 Å². The Morgan fingerprint density at radius 3 is 2.80 bits per heavy atom. The fourth-order valence-corrected chi connectivity index (χ4v) is 3.57. The van der Waals surface area contributed by atoms with Gasteiger partial charge >= 0.3 is 0 Å². The van der Waals surface area contributed by atoms with Gasteiger partial charge in [0.25, 0.3) is 0 Å². The van der Waals surface area contributed by atoms with Crippen molar-refractivity contribution < 1.29 is 0 Å². The Kier molecular flexibility index (Phi) is 3.83. The van der Waals surface area contributed by atoms with Gasteiger partial charge in [-0.1, -0.05) is 49.4 Å². The molecule has 0 fully saturated rings. The zero-order chi connectivity index (χ0) is 13.9. The number of aryl methyl sites for hydroxylation is 1. The van der Waals surface area contributed by atoms with Crippen molar-refractivity contribution >= 4 is 21.4 Å². The maximum absolute atomic E-state index is 5.83. The van der Waals surface area contributed by atoms with E-state index < -0.39 is 0 Å². The van der Waals surface area contributed by atoms with Crippen LogP contribution in [-0.2, 0) is 6.42 Å². The number of hydrazine groups is 1. The summed E-state index contributed by atoms with van der Waals surface area (Å²) in [6.45, 7) is 2.17. The Bertz CT molecular complexity index is 718. The average Bonchev–Trinajstić information content (AvgIpc) is 2.93. The van der Waals surface area contributed by atoms with Gasteiger partial charge in [0.05, 0.1) is 6.04 Å². The van der Waals surface area contributed by atoms with Crippen LogP contribution in [0.1, 0.15) is 29.7 Å². The Balaban J connectivity index is 2.09. The summed E-state index contributed by atoms with van der Waals surface area (Å²) in [6.07, 6.45) is 1.04. The molecule has 0 spiro atoms. The molecule has 20 heavy (non-hydrogen) atoms. The lowest BCUT2D eigenvalue weighted by Gasteiger charge is -2.17. The largest absolute Gasteiger partial charge is 0.271 e. The Hall–Kier alpha value is -1.68. The van der Waals surface area contributed by atoms with Crippen LogP contribution in [-0.4, -0.2) is 0 Å². The van der Waals surface area contributed by atoms with Crippen LogP contribution < -0.4 is 11.3 Å². The van der Waals surface area contributed by atoms with Crippen molar-refractivity contribution in [2.45, 2.75) is 19.4 Å². The van der Waals surface area contributed by atoms with Gasteiger partial charge < -0.3 is 0 Å². The lowest BCUT2D eigenvalue weighted by atomic mass is 9.97. The van der Waals surface area contributed by atoms with Crippen LogP contribution >= 0.6 is 11.3 Å². The molecule has 1 aromatic heterocycles. The second-order valence-electron chi connectivity index (χ2n) is 4.89. The summed E-state index contributed by atoms with van der Waals surface area (Å²) >= 11 is 1.77. The van der Waals surface area contributed by atoms with Crippen LogP contribution in [0.25, 0.3) is 10.1 Å². The third-order valence-corrected chi connectivity index (χ3v) is 4.66. The molecule has 2 aromatic carbocycles. The highest BCUT2D eigenvalue weighted by Crippen LogP contribution is 2.33. The highest BCUT2D eigenvalue weighted by molar-refractivity contribution is 7.17. The van der Waals surface area contributed by atoms with Gasteiger partial charge in [-0.2, -0.15) is 0 Å². The van der Waals surface area contributed by atoms with Gasteiger partial charge in [-0.05, 0) is 39.9 Å². The van der Waals surface area contributed by atoms with E-state index in [0.29, 0.717) is 0 Å². The molecule has 0 radical (unpaired) electrons. The SMILES string of the molecule is CCc1cccc(C(NN)c2csc3ccccc23)c1. The maximum Gasteiger partial charge on any atom is 0.0724 e. The number of nitrogens with one attached hydrogen (secondary N) is 1. The first-order valence-electron chi connectivity index (χ1n) is 6.84. The summed E-state index contributed by atoms with van der Waals surface area (Å²) < 4.78 is 1.30. The fraction of sp³-hybridized carbons (Fsp3) is 0.176. The molecule has 0 saturated heterocycles. The van der Waals surface area contributed by atoms with E-state index in [4.69, 9.17) is 5.84 Å². The zero-order valence-corrected chi connectivity index (χ0v) is 12.3. The summed E-state index contributed by atoms with van der Waals surface area (Å²) in [5.74, 6) is 5.83. The normalized spacial score (nSPS) is 12.7. The lowest BCUT2D eigenvalue weighted by Crippen LogP contribution is -2.28. The van der Waals surface area contributed by atoms with Crippen LogP contribution in [0.15, 0.2) is 53.9 Å². The van der Waals surface area contributed by atoms with Gasteiger partial charge in [-0.25, -0.2) is 5.43 Å². The van der Waals surface area contributed by atoms with Gasteiger partial charge in [0, 0.05) is 4.70 Å². The molecule has 3 N–H and O–H groups in total. The van der Waals surface area contributed by atoms with Crippen molar-refractivity contribution in [2.75, 3.05) is 0 Å². The second kappa shape index (κ2) is 5.75. The minimum Gasteiger partial charge on any atom is -0.271 e. The number of hydrogen-bond acceptors (Lipinski definition) is 3. The molecule has 3 rings (SSSR count). The smallest absolute Gasteiger partial charge is 0.0724 e. The summed E-state index contributed by atoms with van der Waals surface area (Å²) in [6, 6.07) is 17.1. The van der Waals surface area contributed by atoms with Crippen molar-refractivity contribution in [3.05, 3.63) is 70.6 Å². The molecule has 0 amide bonds. The van der Waals surface area contributed by atoms with E-state index in [1.165, 1.54) is 26.8 Å². The Morgan fingerprint density at radius 1 is 1.15 bits per heavy atom. The van der Waals surface area contributed by atoms with Gasteiger partial charge in [0.2, 0.25) is 0 Å². The molecule has 0 bridgehead atoms. The molecule has 102 valence electrons. The van der Waals surface area contributed by atoms with Crippen LogP contribution in [0.2, 0.25) is 0 Å². The first-order chi connectivity index (χ1) is 9.83. The standard InChI is InChI=1S/C17H18N2S/c1-2-12-6-5-7-13(10-12)17(19-18)15-11-20-16-9-4-3-8-14(15)16/h3-11,17,19H,2,18H2,1H3. The quantitative estimate of drug-likeness (QED) is 0.560. The summed E-state index contributed by atoms with van der Waals surface area (Å²) in [4.78, 5) is 0. The summed E-state index contributed by atoms with van der Waals surface area (Å²) in [5.41, 5.74) is 6.78. The van der Waals surface area contributed by atoms with Crippen LogP contribution in [0.5, 0.6) is 0 Å². The van der Waals surface area contributed by atoms with E-state index in [0.717, 1.165) is 6.42 Å². The predicted octanol–water partition coefficient (Wildman–Crippen LogP) is 4.02. The summed E-state index contributed by atoms with van der Waals surface area (Å²) in [5, 5.41) is 3.48. The van der Waals surface area contributed by atoms with Crippen molar-refractivity contribution in [1.82, 2.24) is 5.43 Å². The molecule has 0 aliphatic rings. The average molecular weight is 282 g/mol. The molecule has 0 aliphatic carbocycles. The number of thiophene rings is 1. The van der Waals surface area contributed by atoms with Crippen molar-refractivity contribution in [3.8, 4) is 0 Å². The molecule has 2 nitrogen and oxygen atoms in total. The molecule has 0 aliphatic heterocycles. The van der Waals surface area contributed by atoms with E-state index >= 15 is 0 Å². The molecule has 3 heteroatoms. The number of benzene rings is 2. The summed E-state index contributed by atoms with van der Waals surface area (Å²) in [7, 11) is 0. The molecule has 1 atom stereocenters. The highest BCUT2D eigenvalue weighted by atomic mass is 32.1. The molecule has 1 heterocycles. The lowest BCUT2D eigenvalue weighted by molar-refractivity contribution is 0.641. The van der Waals surface area contributed by atoms with E-state index in [-0.39, 0.29) is 6.04 Å². The third kappa shape index (κ3) is 2.36. The van der Waals surface area contributed by atoms with Crippen molar-refractivity contribution in [2.24, 2.45) is 5.84 Å². The maximum atomic E-state index is 5.83. The minimum absolute atomic E-state index is 0.0395. The van der Waals surface area contributed by atoms with Gasteiger partial charge in [-0.3, -0.25) is 5.84 Å². The monoisotopic (exact) mass is 282 g/mol. The Labute approximate surface area is 123 Å². The topological polar surface area (TPSA) is 38.0 Å². The van der Waals surface area contributed by atoms with E-state index in [1.807, 2.05) is 0 Å². The van der Waals surface area contributed by atoms with Crippen LogP contribution in [0.3, 0.4) is 0 Å². The third-order valence-electron chi connectivity index (χ3n) is 3.68. The minimum atomic E-state index is 0.0395. The van der Waals surface area contributed by atoms with E-state index in [2.05, 4.69) is 66.3 Å². The molecular formula is C17H18N2S. The van der Waals surface area contributed by atoms with Gasteiger partial charge in [0.15, 0.2) is 0 Å². The first-order valence-corrected chi connectivity index (χ1v) is 7.72. The van der Waals surface area contributed by atoms with Crippen LogP contribution in [0.4, 0.5) is 0 Å². The van der Waals surface area contributed by atoms with Crippen LogP contribution in [0, 0.1) is 0 Å². The number of nitrogens with two attached hydrogens (primary N) is 1. The molecular weight excluding hydrogens is 264 g/mol. The predicted molar refractivity (Wildman–Crippen MR) is 86.8 cm³/mol. The molecule has 3 aromatic rings. The Morgan fingerprint density at radius 2 is 2.00 bits per heavy atom. The van der Waals surface area contributed by atoms with E-state index in [1.54, 1.807) is 11.3 Å². The number of fused-ring (bicyclic) bond motifs is 1. The highest BCUT2D eigenvalue weighted by Gasteiger charge is 2.16. The molecule has 1 unspecified atom stereocenters. The number of hydrogen-bond donors (Lipinski definition) is 2. The first kappa shape index (κ1) is 13.3. The second-order valence-corrected chi connectivity index (χ2v) is 5.80.